The molecule has 3 heteroatoms. The molecule has 0 saturated carbocycles. The molecule has 0 atom stereocenters. The molecular formula is C28H31N3. The van der Waals surface area contributed by atoms with Crippen molar-refractivity contribution in [2.45, 2.75) is 53.4 Å². The van der Waals surface area contributed by atoms with Gasteiger partial charge >= 0.3 is 0 Å². The molecule has 0 aliphatic carbocycles. The minimum absolute atomic E-state index is 0.394. The van der Waals surface area contributed by atoms with Gasteiger partial charge in [0.25, 0.3) is 0 Å². The van der Waals surface area contributed by atoms with Crippen molar-refractivity contribution < 1.29 is 0 Å². The minimum atomic E-state index is 0.394. The Morgan fingerprint density at radius 2 is 1.06 bits per heavy atom. The summed E-state index contributed by atoms with van der Waals surface area (Å²) in [5, 5.41) is 9.53. The molecule has 0 amide bonds. The lowest BCUT2D eigenvalue weighted by atomic mass is 9.94. The molecule has 31 heavy (non-hydrogen) atoms. The van der Waals surface area contributed by atoms with Gasteiger partial charge in [-0.25, -0.2) is 0 Å². The van der Waals surface area contributed by atoms with E-state index in [1.165, 1.54) is 22.3 Å². The summed E-state index contributed by atoms with van der Waals surface area (Å²) >= 11 is 0. The fraction of sp³-hybridized carbons (Fsp3) is 0.286. The SMILES string of the molecule is Cc1ccc(C(C)C)c(-c2nnc(-c3cc(C)ccc3C(C)C)n2-c2ccccc2)c1. The summed E-state index contributed by atoms with van der Waals surface area (Å²) in [7, 11) is 0. The zero-order chi connectivity index (χ0) is 22.1. The lowest BCUT2D eigenvalue weighted by Gasteiger charge is -2.18. The van der Waals surface area contributed by atoms with Gasteiger partial charge in [0, 0.05) is 16.8 Å². The van der Waals surface area contributed by atoms with E-state index in [0.717, 1.165) is 28.5 Å². The Labute approximate surface area is 185 Å². The van der Waals surface area contributed by atoms with Crippen LogP contribution in [0, 0.1) is 13.8 Å². The Balaban J connectivity index is 2.06. The van der Waals surface area contributed by atoms with Crippen molar-refractivity contribution in [3.8, 4) is 28.5 Å². The Morgan fingerprint density at radius 3 is 1.48 bits per heavy atom. The molecule has 0 fully saturated rings. The van der Waals surface area contributed by atoms with Crippen LogP contribution in [0.2, 0.25) is 0 Å². The van der Waals surface area contributed by atoms with E-state index in [2.05, 4.69) is 107 Å². The van der Waals surface area contributed by atoms with E-state index >= 15 is 0 Å². The van der Waals surface area contributed by atoms with Gasteiger partial charge in [-0.1, -0.05) is 81.3 Å². The summed E-state index contributed by atoms with van der Waals surface area (Å²) in [5.41, 5.74) is 8.40. The highest BCUT2D eigenvalue weighted by molar-refractivity contribution is 5.72. The van der Waals surface area contributed by atoms with Crippen LogP contribution in [-0.2, 0) is 0 Å². The Kier molecular flexibility index (Phi) is 5.77. The third-order valence-corrected chi connectivity index (χ3v) is 5.82. The molecule has 3 nitrogen and oxygen atoms in total. The molecule has 1 aromatic heterocycles. The fourth-order valence-electron chi connectivity index (χ4n) is 4.19. The third-order valence-electron chi connectivity index (χ3n) is 5.82. The largest absolute Gasteiger partial charge is 0.275 e. The zero-order valence-electron chi connectivity index (χ0n) is 19.3. The van der Waals surface area contributed by atoms with Crippen LogP contribution >= 0.6 is 0 Å². The number of benzene rings is 3. The molecule has 0 spiro atoms. The number of hydrogen-bond acceptors (Lipinski definition) is 2. The molecule has 0 unspecified atom stereocenters. The first-order valence-electron chi connectivity index (χ1n) is 11.1. The standard InChI is InChI=1S/C28H31N3/c1-18(2)23-14-12-20(5)16-25(23)27-29-30-28(31(27)22-10-8-7-9-11-22)26-17-21(6)13-15-24(26)19(3)4/h7-19H,1-6H3. The number of hydrogen-bond donors (Lipinski definition) is 0. The topological polar surface area (TPSA) is 30.7 Å². The Morgan fingerprint density at radius 1 is 0.613 bits per heavy atom. The molecule has 0 saturated heterocycles. The van der Waals surface area contributed by atoms with Crippen molar-refractivity contribution in [1.82, 2.24) is 14.8 Å². The van der Waals surface area contributed by atoms with E-state index in [-0.39, 0.29) is 0 Å². The molecule has 0 N–H and O–H groups in total. The summed E-state index contributed by atoms with van der Waals surface area (Å²) in [4.78, 5) is 0. The third kappa shape index (κ3) is 4.05. The molecule has 0 aliphatic heterocycles. The van der Waals surface area contributed by atoms with Crippen LogP contribution in [0.5, 0.6) is 0 Å². The molecule has 158 valence electrons. The highest BCUT2D eigenvalue weighted by Crippen LogP contribution is 2.36. The molecule has 4 aromatic rings. The molecule has 0 bridgehead atoms. The summed E-state index contributed by atoms with van der Waals surface area (Å²) in [6.07, 6.45) is 0. The quantitative estimate of drug-likeness (QED) is 0.342. The van der Waals surface area contributed by atoms with Crippen LogP contribution in [0.15, 0.2) is 66.7 Å². The van der Waals surface area contributed by atoms with E-state index in [9.17, 15) is 0 Å². The van der Waals surface area contributed by atoms with Crippen LogP contribution in [0.4, 0.5) is 0 Å². The maximum absolute atomic E-state index is 4.77. The predicted octanol–water partition coefficient (Wildman–Crippen LogP) is 7.46. The normalized spacial score (nSPS) is 11.5. The summed E-state index contributed by atoms with van der Waals surface area (Å²) < 4.78 is 2.22. The van der Waals surface area contributed by atoms with Crippen LogP contribution < -0.4 is 0 Å². The second kappa shape index (κ2) is 8.50. The number of aryl methyl sites for hydroxylation is 2. The maximum atomic E-state index is 4.77. The first-order valence-corrected chi connectivity index (χ1v) is 11.1. The van der Waals surface area contributed by atoms with Crippen molar-refractivity contribution in [3.05, 3.63) is 89.0 Å². The van der Waals surface area contributed by atoms with Crippen molar-refractivity contribution in [1.29, 1.82) is 0 Å². The first-order chi connectivity index (χ1) is 14.9. The molecule has 0 radical (unpaired) electrons. The molecular weight excluding hydrogens is 378 g/mol. The lowest BCUT2D eigenvalue weighted by molar-refractivity contribution is 0.862. The molecule has 3 aromatic carbocycles. The van der Waals surface area contributed by atoms with E-state index in [1.54, 1.807) is 0 Å². The van der Waals surface area contributed by atoms with Crippen LogP contribution in [-0.4, -0.2) is 14.8 Å². The second-order valence-electron chi connectivity index (χ2n) is 9.01. The van der Waals surface area contributed by atoms with Gasteiger partial charge in [0.1, 0.15) is 0 Å². The van der Waals surface area contributed by atoms with Crippen molar-refractivity contribution >= 4 is 0 Å². The van der Waals surface area contributed by atoms with Gasteiger partial charge in [-0.3, -0.25) is 4.57 Å². The second-order valence-corrected chi connectivity index (χ2v) is 9.01. The van der Waals surface area contributed by atoms with Gasteiger partial charge in [-0.05, 0) is 61.1 Å². The molecule has 1 heterocycles. The number of rotatable bonds is 5. The van der Waals surface area contributed by atoms with Crippen molar-refractivity contribution in [2.24, 2.45) is 0 Å². The highest BCUT2D eigenvalue weighted by atomic mass is 15.3. The van der Waals surface area contributed by atoms with E-state index in [1.807, 2.05) is 6.07 Å². The number of para-hydroxylation sites is 1. The van der Waals surface area contributed by atoms with Crippen molar-refractivity contribution in [3.63, 3.8) is 0 Å². The van der Waals surface area contributed by atoms with Crippen LogP contribution in [0.3, 0.4) is 0 Å². The monoisotopic (exact) mass is 409 g/mol. The van der Waals surface area contributed by atoms with Gasteiger partial charge in [0.05, 0.1) is 0 Å². The van der Waals surface area contributed by atoms with E-state index in [4.69, 9.17) is 10.2 Å². The van der Waals surface area contributed by atoms with Gasteiger partial charge in [0.2, 0.25) is 0 Å². The Hall–Kier alpha value is -3.20. The Bertz CT molecular complexity index is 1130. The molecule has 4 rings (SSSR count). The average Bonchev–Trinajstić information content (AvgIpc) is 3.18. The van der Waals surface area contributed by atoms with Crippen molar-refractivity contribution in [2.75, 3.05) is 0 Å². The predicted molar refractivity (Wildman–Crippen MR) is 130 cm³/mol. The zero-order valence-corrected chi connectivity index (χ0v) is 19.3. The van der Waals surface area contributed by atoms with Gasteiger partial charge < -0.3 is 0 Å². The summed E-state index contributed by atoms with van der Waals surface area (Å²) in [6.45, 7) is 13.2. The molecule has 0 aliphatic rings. The lowest BCUT2D eigenvalue weighted by Crippen LogP contribution is -2.04. The highest BCUT2D eigenvalue weighted by Gasteiger charge is 2.22. The maximum Gasteiger partial charge on any atom is 0.169 e. The number of aromatic nitrogens is 3. The summed E-state index contributed by atoms with van der Waals surface area (Å²) in [6, 6.07) is 23.7. The van der Waals surface area contributed by atoms with Gasteiger partial charge in [-0.15, -0.1) is 10.2 Å². The van der Waals surface area contributed by atoms with E-state index < -0.39 is 0 Å². The minimum Gasteiger partial charge on any atom is -0.275 e. The first kappa shape index (κ1) is 21.0. The smallest absolute Gasteiger partial charge is 0.169 e. The van der Waals surface area contributed by atoms with Crippen LogP contribution in [0.25, 0.3) is 28.5 Å². The van der Waals surface area contributed by atoms with Gasteiger partial charge in [0.15, 0.2) is 11.6 Å². The van der Waals surface area contributed by atoms with Gasteiger partial charge in [-0.2, -0.15) is 0 Å². The van der Waals surface area contributed by atoms with E-state index in [0.29, 0.717) is 11.8 Å². The number of nitrogens with zero attached hydrogens (tertiary/aromatic N) is 3. The van der Waals surface area contributed by atoms with Crippen LogP contribution in [0.1, 0.15) is 61.8 Å². The average molecular weight is 410 g/mol. The summed E-state index contributed by atoms with van der Waals surface area (Å²) in [5.74, 6) is 2.57. The fourth-order valence-corrected chi connectivity index (χ4v) is 4.19.